The van der Waals surface area contributed by atoms with Crippen LogP contribution in [0.15, 0.2) is 42.5 Å². The first kappa shape index (κ1) is 18.5. The predicted molar refractivity (Wildman–Crippen MR) is 100 cm³/mol. The number of halogens is 1. The van der Waals surface area contributed by atoms with Crippen LogP contribution < -0.4 is 14.8 Å². The third-order valence-electron chi connectivity index (χ3n) is 3.33. The highest BCUT2D eigenvalue weighted by Gasteiger charge is 2.12. The van der Waals surface area contributed by atoms with Gasteiger partial charge in [0.2, 0.25) is 5.91 Å². The Bertz CT molecular complexity index is 679. The zero-order valence-corrected chi connectivity index (χ0v) is 15.2. The van der Waals surface area contributed by atoms with E-state index >= 15 is 0 Å². The van der Waals surface area contributed by atoms with Crippen molar-refractivity contribution < 1.29 is 14.3 Å². The summed E-state index contributed by atoms with van der Waals surface area (Å²) in [4.78, 5) is 12.1. The molecule has 0 heterocycles. The molecule has 2 aromatic rings. The van der Waals surface area contributed by atoms with Crippen LogP contribution in [-0.2, 0) is 10.5 Å². The van der Waals surface area contributed by atoms with E-state index in [0.29, 0.717) is 28.6 Å². The number of carbonyl (C=O) groups excluding carboxylic acids is 1. The van der Waals surface area contributed by atoms with E-state index in [2.05, 4.69) is 17.4 Å². The number of methoxy groups -OCH3 is 2. The van der Waals surface area contributed by atoms with Crippen molar-refractivity contribution in [1.29, 1.82) is 0 Å². The van der Waals surface area contributed by atoms with Gasteiger partial charge in [-0.15, -0.1) is 0 Å². The Balaban J connectivity index is 1.85. The number of amides is 1. The van der Waals surface area contributed by atoms with E-state index in [1.165, 1.54) is 19.8 Å². The molecule has 128 valence electrons. The topological polar surface area (TPSA) is 47.6 Å². The summed E-state index contributed by atoms with van der Waals surface area (Å²) in [5.41, 5.74) is 1.80. The predicted octanol–water partition coefficient (Wildman–Crippen LogP) is 4.62. The summed E-state index contributed by atoms with van der Waals surface area (Å²) in [6.45, 7) is 0. The lowest BCUT2D eigenvalue weighted by atomic mass is 10.2. The quantitative estimate of drug-likeness (QED) is 0.693. The lowest BCUT2D eigenvalue weighted by Crippen LogP contribution is -2.13. The van der Waals surface area contributed by atoms with Gasteiger partial charge in [0.05, 0.1) is 24.9 Å². The molecular weight excluding hydrogens is 346 g/mol. The number of carbonyl (C=O) groups is 1. The molecule has 0 aromatic heterocycles. The van der Waals surface area contributed by atoms with Gasteiger partial charge in [-0.25, -0.2) is 0 Å². The highest BCUT2D eigenvalue weighted by Crippen LogP contribution is 2.35. The van der Waals surface area contributed by atoms with Crippen molar-refractivity contribution in [3.05, 3.63) is 53.1 Å². The molecule has 0 spiro atoms. The van der Waals surface area contributed by atoms with Gasteiger partial charge in [0, 0.05) is 24.0 Å². The maximum Gasteiger partial charge on any atom is 0.225 e. The molecule has 0 aliphatic heterocycles. The van der Waals surface area contributed by atoms with Crippen LogP contribution in [0.1, 0.15) is 12.0 Å². The van der Waals surface area contributed by atoms with Crippen LogP contribution in [0.5, 0.6) is 11.5 Å². The third-order valence-corrected chi connectivity index (χ3v) is 4.66. The molecule has 2 aromatic carbocycles. The van der Waals surface area contributed by atoms with E-state index in [4.69, 9.17) is 21.1 Å². The van der Waals surface area contributed by atoms with E-state index in [1.807, 2.05) is 18.2 Å². The van der Waals surface area contributed by atoms with Gasteiger partial charge in [-0.1, -0.05) is 41.9 Å². The average molecular weight is 366 g/mol. The first-order valence-electron chi connectivity index (χ1n) is 7.47. The Morgan fingerprint density at radius 2 is 1.83 bits per heavy atom. The minimum Gasteiger partial charge on any atom is -0.495 e. The summed E-state index contributed by atoms with van der Waals surface area (Å²) in [7, 11) is 3.07. The summed E-state index contributed by atoms with van der Waals surface area (Å²) >= 11 is 7.83. The summed E-state index contributed by atoms with van der Waals surface area (Å²) in [6, 6.07) is 13.5. The van der Waals surface area contributed by atoms with Crippen molar-refractivity contribution in [3.8, 4) is 11.5 Å². The second kappa shape index (κ2) is 9.45. The minimum atomic E-state index is -0.0740. The second-order valence-electron chi connectivity index (χ2n) is 5.02. The number of anilines is 1. The van der Waals surface area contributed by atoms with E-state index in [0.717, 1.165) is 11.5 Å². The molecule has 24 heavy (non-hydrogen) atoms. The molecule has 1 amide bonds. The maximum absolute atomic E-state index is 12.1. The molecule has 0 radical (unpaired) electrons. The molecule has 0 aliphatic carbocycles. The monoisotopic (exact) mass is 365 g/mol. The Kier molecular flexibility index (Phi) is 7.28. The van der Waals surface area contributed by atoms with E-state index in [-0.39, 0.29) is 5.91 Å². The molecule has 4 nitrogen and oxygen atoms in total. The Morgan fingerprint density at radius 3 is 2.50 bits per heavy atom. The van der Waals surface area contributed by atoms with Crippen molar-refractivity contribution >= 4 is 35.0 Å². The Hall–Kier alpha value is -1.85. The molecule has 0 saturated heterocycles. The van der Waals surface area contributed by atoms with Crippen molar-refractivity contribution in [2.75, 3.05) is 25.3 Å². The van der Waals surface area contributed by atoms with Crippen LogP contribution in [-0.4, -0.2) is 25.9 Å². The van der Waals surface area contributed by atoms with Crippen LogP contribution in [0.3, 0.4) is 0 Å². The fraction of sp³-hybridized carbons (Fsp3) is 0.278. The van der Waals surface area contributed by atoms with E-state index in [9.17, 15) is 4.79 Å². The number of hydrogen-bond donors (Lipinski definition) is 1. The highest BCUT2D eigenvalue weighted by molar-refractivity contribution is 7.98. The SMILES string of the molecule is COc1cc(OC)c(NC(=O)CCSCc2ccccc2)cc1Cl. The van der Waals surface area contributed by atoms with Gasteiger partial charge in [0.1, 0.15) is 11.5 Å². The maximum atomic E-state index is 12.1. The lowest BCUT2D eigenvalue weighted by Gasteiger charge is -2.13. The summed E-state index contributed by atoms with van der Waals surface area (Å²) in [6.07, 6.45) is 0.421. The number of hydrogen-bond acceptors (Lipinski definition) is 4. The fourth-order valence-corrected chi connectivity index (χ4v) is 3.24. The molecular formula is C18H20ClNO3S. The molecule has 0 saturated carbocycles. The Morgan fingerprint density at radius 1 is 1.12 bits per heavy atom. The van der Waals surface area contributed by atoms with Crippen molar-refractivity contribution in [2.45, 2.75) is 12.2 Å². The van der Waals surface area contributed by atoms with E-state index < -0.39 is 0 Å². The first-order chi connectivity index (χ1) is 11.6. The largest absolute Gasteiger partial charge is 0.495 e. The van der Waals surface area contributed by atoms with Gasteiger partial charge in [-0.3, -0.25) is 4.79 Å². The smallest absolute Gasteiger partial charge is 0.225 e. The number of ether oxygens (including phenoxy) is 2. The molecule has 1 N–H and O–H groups in total. The molecule has 0 atom stereocenters. The molecule has 6 heteroatoms. The number of thioether (sulfide) groups is 1. The average Bonchev–Trinajstić information content (AvgIpc) is 2.60. The zero-order valence-electron chi connectivity index (χ0n) is 13.7. The van der Waals surface area contributed by atoms with Gasteiger partial charge in [0.25, 0.3) is 0 Å². The lowest BCUT2D eigenvalue weighted by molar-refractivity contribution is -0.115. The third kappa shape index (κ3) is 5.35. The first-order valence-corrected chi connectivity index (χ1v) is 9.00. The summed E-state index contributed by atoms with van der Waals surface area (Å²) in [5.74, 6) is 2.58. The van der Waals surface area contributed by atoms with Crippen LogP contribution in [0.2, 0.25) is 5.02 Å². The molecule has 2 rings (SSSR count). The Labute approximate surface area is 151 Å². The molecule has 0 unspecified atom stereocenters. The summed E-state index contributed by atoms with van der Waals surface area (Å²) < 4.78 is 10.4. The van der Waals surface area contributed by atoms with Gasteiger partial charge >= 0.3 is 0 Å². The highest BCUT2D eigenvalue weighted by atomic mass is 35.5. The second-order valence-corrected chi connectivity index (χ2v) is 6.54. The van der Waals surface area contributed by atoms with Crippen molar-refractivity contribution in [1.82, 2.24) is 0 Å². The molecule has 0 fully saturated rings. The van der Waals surface area contributed by atoms with E-state index in [1.54, 1.807) is 23.9 Å². The van der Waals surface area contributed by atoms with Crippen LogP contribution in [0.25, 0.3) is 0 Å². The van der Waals surface area contributed by atoms with Gasteiger partial charge < -0.3 is 14.8 Å². The summed E-state index contributed by atoms with van der Waals surface area (Å²) in [5, 5.41) is 3.26. The van der Waals surface area contributed by atoms with Gasteiger partial charge in [-0.2, -0.15) is 11.8 Å². The minimum absolute atomic E-state index is 0.0740. The van der Waals surface area contributed by atoms with Gasteiger partial charge in [-0.05, 0) is 11.6 Å². The fourth-order valence-electron chi connectivity index (χ4n) is 2.10. The molecule has 0 aliphatic rings. The normalized spacial score (nSPS) is 10.3. The number of benzene rings is 2. The van der Waals surface area contributed by atoms with Crippen LogP contribution >= 0.6 is 23.4 Å². The van der Waals surface area contributed by atoms with Gasteiger partial charge in [0.15, 0.2) is 0 Å². The number of rotatable bonds is 8. The van der Waals surface area contributed by atoms with Crippen LogP contribution in [0.4, 0.5) is 5.69 Å². The standard InChI is InChI=1S/C18H20ClNO3S/c1-22-16-11-17(23-2)15(10-14(16)19)20-18(21)8-9-24-12-13-6-4-3-5-7-13/h3-7,10-11H,8-9,12H2,1-2H3,(H,20,21). The zero-order chi connectivity index (χ0) is 17.4. The molecule has 0 bridgehead atoms. The van der Waals surface area contributed by atoms with Crippen molar-refractivity contribution in [3.63, 3.8) is 0 Å². The van der Waals surface area contributed by atoms with Crippen LogP contribution in [0, 0.1) is 0 Å². The number of nitrogens with one attached hydrogen (secondary N) is 1. The van der Waals surface area contributed by atoms with Crippen molar-refractivity contribution in [2.24, 2.45) is 0 Å².